The second kappa shape index (κ2) is 7.66. The zero-order valence-corrected chi connectivity index (χ0v) is 16.1. The van der Waals surface area contributed by atoms with E-state index in [1.807, 2.05) is 0 Å². The smallest absolute Gasteiger partial charge is 0.191 e. The lowest BCUT2D eigenvalue weighted by molar-refractivity contribution is -0.119. The van der Waals surface area contributed by atoms with Crippen molar-refractivity contribution in [3.8, 4) is 0 Å². The number of aliphatic imine (C=N–C) groups is 1. The first-order chi connectivity index (χ1) is 10.2. The van der Waals surface area contributed by atoms with Gasteiger partial charge in [0.2, 0.25) is 0 Å². The summed E-state index contributed by atoms with van der Waals surface area (Å²) in [6.07, 6.45) is 6.79. The number of ether oxygens (including phenoxy) is 2. The Morgan fingerprint density at radius 2 is 2.14 bits per heavy atom. The van der Waals surface area contributed by atoms with E-state index in [1.54, 1.807) is 0 Å². The molecule has 2 N–H and O–H groups in total. The van der Waals surface area contributed by atoms with Crippen LogP contribution in [0.3, 0.4) is 0 Å². The van der Waals surface area contributed by atoms with Gasteiger partial charge in [-0.2, -0.15) is 0 Å². The van der Waals surface area contributed by atoms with E-state index in [2.05, 4.69) is 18.7 Å². The summed E-state index contributed by atoms with van der Waals surface area (Å²) in [6, 6.07) is 0.356. The molecule has 2 aliphatic carbocycles. The Morgan fingerprint density at radius 3 is 2.77 bits per heavy atom. The lowest BCUT2D eigenvalue weighted by Gasteiger charge is -2.52. The summed E-state index contributed by atoms with van der Waals surface area (Å²) in [4.78, 5) is 7.06. The van der Waals surface area contributed by atoms with Gasteiger partial charge < -0.3 is 20.1 Å². The van der Waals surface area contributed by atoms with Crippen molar-refractivity contribution in [3.63, 3.8) is 0 Å². The lowest BCUT2D eigenvalue weighted by atomic mass is 9.61. The van der Waals surface area contributed by atoms with Gasteiger partial charge in [-0.25, -0.2) is 4.99 Å². The Balaban J connectivity index is 0.00000176. The molecule has 0 aromatic heterocycles. The number of hydrogen-bond donors (Lipinski definition) is 1. The second-order valence-corrected chi connectivity index (χ2v) is 6.75. The molecule has 5 nitrogen and oxygen atoms in total. The van der Waals surface area contributed by atoms with Crippen LogP contribution in [0.25, 0.3) is 0 Å². The highest BCUT2D eigenvalue weighted by Gasteiger charge is 2.57. The summed E-state index contributed by atoms with van der Waals surface area (Å²) in [5.41, 5.74) is 6.55. The second-order valence-electron chi connectivity index (χ2n) is 6.75. The Kier molecular flexibility index (Phi) is 6.36. The van der Waals surface area contributed by atoms with Crippen LogP contribution in [0.5, 0.6) is 0 Å². The fourth-order valence-corrected chi connectivity index (χ4v) is 4.30. The molecule has 1 saturated heterocycles. The molecule has 3 rings (SSSR count). The third-order valence-electron chi connectivity index (χ3n) is 5.50. The standard InChI is InChI=1S/C16H29N3O2.HI/c1-3-20-14-10-13(16(14)6-4-5-7-16)18-15(17)19-8-9-21-12(2)11-19;/h12-14H,3-11H2,1-2H3,(H2,17,18);1H. The summed E-state index contributed by atoms with van der Waals surface area (Å²) in [6.45, 7) is 7.43. The lowest BCUT2D eigenvalue weighted by Crippen LogP contribution is -2.57. The number of halogens is 1. The van der Waals surface area contributed by atoms with Crippen molar-refractivity contribution >= 4 is 29.9 Å². The van der Waals surface area contributed by atoms with Gasteiger partial charge in [-0.1, -0.05) is 12.8 Å². The van der Waals surface area contributed by atoms with Crippen LogP contribution in [0, 0.1) is 5.41 Å². The van der Waals surface area contributed by atoms with E-state index in [-0.39, 0.29) is 35.5 Å². The van der Waals surface area contributed by atoms with Crippen LogP contribution >= 0.6 is 24.0 Å². The van der Waals surface area contributed by atoms with Crippen molar-refractivity contribution in [3.05, 3.63) is 0 Å². The van der Waals surface area contributed by atoms with Gasteiger partial charge >= 0.3 is 0 Å². The average molecular weight is 423 g/mol. The molecular weight excluding hydrogens is 393 g/mol. The first-order valence-electron chi connectivity index (χ1n) is 8.47. The van der Waals surface area contributed by atoms with Gasteiger partial charge in [0, 0.05) is 25.1 Å². The number of guanidine groups is 1. The number of nitrogens with two attached hydrogens (primary N) is 1. The predicted molar refractivity (Wildman–Crippen MR) is 98.7 cm³/mol. The summed E-state index contributed by atoms with van der Waals surface area (Å²) in [5.74, 6) is 0.705. The zero-order valence-electron chi connectivity index (χ0n) is 13.8. The Morgan fingerprint density at radius 1 is 1.41 bits per heavy atom. The number of hydrogen-bond acceptors (Lipinski definition) is 3. The van der Waals surface area contributed by atoms with E-state index in [0.717, 1.165) is 32.7 Å². The number of rotatable bonds is 3. The fourth-order valence-electron chi connectivity index (χ4n) is 4.30. The van der Waals surface area contributed by atoms with Crippen molar-refractivity contribution < 1.29 is 9.47 Å². The molecule has 22 heavy (non-hydrogen) atoms. The number of nitrogens with zero attached hydrogens (tertiary/aromatic N) is 2. The van der Waals surface area contributed by atoms with Gasteiger partial charge in [-0.15, -0.1) is 24.0 Å². The molecule has 1 aliphatic heterocycles. The van der Waals surface area contributed by atoms with Crippen LogP contribution in [-0.4, -0.2) is 55.4 Å². The van der Waals surface area contributed by atoms with Gasteiger partial charge in [0.25, 0.3) is 0 Å². The van der Waals surface area contributed by atoms with E-state index in [4.69, 9.17) is 20.2 Å². The SMILES string of the molecule is CCOC1CC(N=C(N)N2CCOC(C)C2)C12CCCC2.I. The van der Waals surface area contributed by atoms with Gasteiger partial charge in [-0.3, -0.25) is 0 Å². The normalized spacial score (nSPS) is 34.4. The van der Waals surface area contributed by atoms with Crippen molar-refractivity contribution in [2.24, 2.45) is 16.1 Å². The van der Waals surface area contributed by atoms with Crippen LogP contribution in [0.15, 0.2) is 4.99 Å². The zero-order chi connectivity index (χ0) is 14.9. The molecule has 3 unspecified atom stereocenters. The maximum Gasteiger partial charge on any atom is 0.191 e. The third kappa shape index (κ3) is 3.38. The molecule has 0 radical (unpaired) electrons. The minimum absolute atomic E-state index is 0. The molecule has 6 heteroatoms. The Hall–Kier alpha value is -0.0800. The number of morpholine rings is 1. The summed E-state index contributed by atoms with van der Waals surface area (Å²) in [7, 11) is 0. The highest BCUT2D eigenvalue weighted by molar-refractivity contribution is 14.0. The van der Waals surface area contributed by atoms with Gasteiger partial charge in [0.1, 0.15) is 0 Å². The van der Waals surface area contributed by atoms with E-state index in [9.17, 15) is 0 Å². The largest absolute Gasteiger partial charge is 0.378 e. The van der Waals surface area contributed by atoms with Crippen molar-refractivity contribution in [2.45, 2.75) is 64.2 Å². The van der Waals surface area contributed by atoms with Crippen molar-refractivity contribution in [1.82, 2.24) is 4.90 Å². The van der Waals surface area contributed by atoms with E-state index in [1.165, 1.54) is 25.7 Å². The van der Waals surface area contributed by atoms with Crippen molar-refractivity contribution in [2.75, 3.05) is 26.3 Å². The highest BCUT2D eigenvalue weighted by atomic mass is 127. The van der Waals surface area contributed by atoms with Crippen LogP contribution < -0.4 is 5.73 Å². The summed E-state index contributed by atoms with van der Waals surface area (Å²) in [5, 5.41) is 0. The van der Waals surface area contributed by atoms with Crippen molar-refractivity contribution in [1.29, 1.82) is 0 Å². The minimum atomic E-state index is 0. The van der Waals surface area contributed by atoms with E-state index >= 15 is 0 Å². The van der Waals surface area contributed by atoms with Gasteiger partial charge in [-0.05, 0) is 33.1 Å². The van der Waals surface area contributed by atoms with E-state index < -0.39 is 0 Å². The maximum atomic E-state index is 6.27. The molecule has 0 amide bonds. The Bertz CT molecular complexity index is 399. The maximum absolute atomic E-state index is 6.27. The average Bonchev–Trinajstić information content (AvgIpc) is 2.98. The van der Waals surface area contributed by atoms with Crippen LogP contribution in [0.4, 0.5) is 0 Å². The quantitative estimate of drug-likeness (QED) is 0.430. The molecule has 0 aromatic carbocycles. The van der Waals surface area contributed by atoms with Crippen LogP contribution in [-0.2, 0) is 9.47 Å². The highest BCUT2D eigenvalue weighted by Crippen LogP contribution is 2.56. The third-order valence-corrected chi connectivity index (χ3v) is 5.50. The summed E-state index contributed by atoms with van der Waals surface area (Å²) < 4.78 is 11.5. The molecule has 2 saturated carbocycles. The molecule has 1 heterocycles. The monoisotopic (exact) mass is 423 g/mol. The molecule has 1 spiro atoms. The first kappa shape index (κ1) is 18.3. The topological polar surface area (TPSA) is 60.1 Å². The van der Waals surface area contributed by atoms with Crippen LogP contribution in [0.1, 0.15) is 46.0 Å². The molecule has 3 aliphatic rings. The van der Waals surface area contributed by atoms with Gasteiger partial charge in [0.05, 0.1) is 24.9 Å². The molecule has 3 fully saturated rings. The predicted octanol–water partition coefficient (Wildman–Crippen LogP) is 2.38. The first-order valence-corrected chi connectivity index (χ1v) is 8.47. The van der Waals surface area contributed by atoms with Crippen LogP contribution in [0.2, 0.25) is 0 Å². The molecule has 3 atom stereocenters. The molecule has 128 valence electrons. The summed E-state index contributed by atoms with van der Waals surface area (Å²) >= 11 is 0. The molecule has 0 aromatic rings. The van der Waals surface area contributed by atoms with E-state index in [0.29, 0.717) is 18.1 Å². The fraction of sp³-hybridized carbons (Fsp3) is 0.938. The molecular formula is C16H30IN3O2. The Labute approximate surface area is 151 Å². The van der Waals surface area contributed by atoms with Gasteiger partial charge in [0.15, 0.2) is 5.96 Å². The minimum Gasteiger partial charge on any atom is -0.378 e. The molecule has 0 bridgehead atoms.